The Balaban J connectivity index is 0.00000132. The zero-order valence-corrected chi connectivity index (χ0v) is 19.4. The van der Waals surface area contributed by atoms with Crippen molar-refractivity contribution in [2.24, 2.45) is 0 Å². The average molecular weight is 421 g/mol. The number of nitrogens with zero attached hydrogens (tertiary/aromatic N) is 2. The molecule has 164 valence electrons. The molecule has 2 heterocycles. The van der Waals surface area contributed by atoms with Crippen molar-refractivity contribution in [3.8, 4) is 22.5 Å². The van der Waals surface area contributed by atoms with Crippen molar-refractivity contribution < 1.29 is 14.1 Å². The molecule has 0 N–H and O–H groups in total. The number of likely N-dealkylation sites (N-methyl/N-ethyl adjacent to an activating group) is 1. The van der Waals surface area contributed by atoms with Crippen molar-refractivity contribution in [2.45, 2.75) is 40.0 Å². The summed E-state index contributed by atoms with van der Waals surface area (Å²) in [6, 6.07) is 16.5. The second-order valence-electron chi connectivity index (χ2n) is 7.85. The largest absolute Gasteiger partial charge is 0.465 e. The monoisotopic (exact) mass is 420 g/mol. The van der Waals surface area contributed by atoms with Gasteiger partial charge < -0.3 is 14.2 Å². The van der Waals surface area contributed by atoms with Gasteiger partial charge in [0.1, 0.15) is 5.41 Å². The van der Waals surface area contributed by atoms with Crippen LogP contribution in [0, 0.1) is 13.8 Å². The van der Waals surface area contributed by atoms with E-state index in [4.69, 9.17) is 9.26 Å². The van der Waals surface area contributed by atoms with Gasteiger partial charge in [-0.05, 0) is 44.5 Å². The third-order valence-corrected chi connectivity index (χ3v) is 5.82. The van der Waals surface area contributed by atoms with E-state index in [-0.39, 0.29) is 5.97 Å². The van der Waals surface area contributed by atoms with Crippen LogP contribution in [0.15, 0.2) is 53.1 Å². The van der Waals surface area contributed by atoms with E-state index in [1.807, 2.05) is 41.7 Å². The molecule has 1 fully saturated rings. The van der Waals surface area contributed by atoms with Crippen molar-refractivity contribution in [3.05, 3.63) is 65.4 Å². The lowest BCUT2D eigenvalue weighted by molar-refractivity contribution is -0.157. The van der Waals surface area contributed by atoms with Crippen molar-refractivity contribution in [3.63, 3.8) is 0 Å². The van der Waals surface area contributed by atoms with Crippen LogP contribution in [0.2, 0.25) is 0 Å². The van der Waals surface area contributed by atoms with E-state index in [1.54, 1.807) is 0 Å². The average Bonchev–Trinajstić information content (AvgIpc) is 3.11. The van der Waals surface area contributed by atoms with E-state index in [0.29, 0.717) is 19.7 Å². The molecule has 1 aromatic heterocycles. The Morgan fingerprint density at radius 3 is 1.97 bits per heavy atom. The first-order valence-corrected chi connectivity index (χ1v) is 10.9. The number of esters is 1. The standard InChI is InChI=1S/C24H26N2O3.C2H6/c1-5-28-23(27)24(14-26(4)15-24)21-12-10-19(11-13-21)18-6-8-20(9-7-18)22-16(2)17(3)25-29-22;1-2/h6-13H,5,14-15H2,1-4H3;1-2H3. The molecule has 0 aliphatic carbocycles. The summed E-state index contributed by atoms with van der Waals surface area (Å²) < 4.78 is 10.8. The molecule has 0 radical (unpaired) electrons. The Hall–Kier alpha value is -2.92. The summed E-state index contributed by atoms with van der Waals surface area (Å²) in [5.41, 5.74) is 5.69. The Kier molecular flexibility index (Phi) is 6.96. The first-order chi connectivity index (χ1) is 14.9. The van der Waals surface area contributed by atoms with E-state index < -0.39 is 5.41 Å². The number of aromatic nitrogens is 1. The molecule has 4 rings (SSSR count). The summed E-state index contributed by atoms with van der Waals surface area (Å²) in [6.45, 7) is 11.6. The minimum Gasteiger partial charge on any atom is -0.465 e. The molecule has 0 unspecified atom stereocenters. The second-order valence-corrected chi connectivity index (χ2v) is 7.85. The minimum absolute atomic E-state index is 0.132. The number of carbonyl (C=O) groups is 1. The Morgan fingerprint density at radius 1 is 1.00 bits per heavy atom. The van der Waals surface area contributed by atoms with Gasteiger partial charge in [-0.1, -0.05) is 67.5 Å². The highest BCUT2D eigenvalue weighted by molar-refractivity contribution is 5.85. The van der Waals surface area contributed by atoms with Gasteiger partial charge in [-0.2, -0.15) is 0 Å². The summed E-state index contributed by atoms with van der Waals surface area (Å²) in [5.74, 6) is 0.683. The summed E-state index contributed by atoms with van der Waals surface area (Å²) in [5, 5.41) is 4.04. The zero-order chi connectivity index (χ0) is 22.6. The fourth-order valence-electron chi connectivity index (χ4n) is 4.05. The highest BCUT2D eigenvalue weighted by atomic mass is 16.5. The lowest BCUT2D eigenvalue weighted by Crippen LogP contribution is -2.62. The predicted octanol–water partition coefficient (Wildman–Crippen LogP) is 5.40. The molecule has 0 atom stereocenters. The van der Waals surface area contributed by atoms with Gasteiger partial charge in [0.05, 0.1) is 12.3 Å². The molecule has 1 aliphatic rings. The molecule has 0 saturated carbocycles. The van der Waals surface area contributed by atoms with Gasteiger partial charge in [-0.15, -0.1) is 0 Å². The molecular formula is C26H32N2O3. The number of carbonyl (C=O) groups excluding carboxylic acids is 1. The lowest BCUT2D eigenvalue weighted by Gasteiger charge is -2.46. The summed E-state index contributed by atoms with van der Waals surface area (Å²) >= 11 is 0. The normalized spacial score (nSPS) is 14.9. The molecule has 5 nitrogen and oxygen atoms in total. The maximum Gasteiger partial charge on any atom is 0.319 e. The molecule has 0 bridgehead atoms. The van der Waals surface area contributed by atoms with Crippen molar-refractivity contribution >= 4 is 5.97 Å². The second kappa shape index (κ2) is 9.48. The number of likely N-dealkylation sites (tertiary alicyclic amines) is 1. The third-order valence-electron chi connectivity index (χ3n) is 5.82. The van der Waals surface area contributed by atoms with Gasteiger partial charge in [0.15, 0.2) is 5.76 Å². The zero-order valence-electron chi connectivity index (χ0n) is 19.4. The molecule has 0 amide bonds. The molecule has 3 aromatic rings. The molecule has 0 spiro atoms. The number of hydrogen-bond donors (Lipinski definition) is 0. The highest BCUT2D eigenvalue weighted by Gasteiger charge is 2.50. The number of benzene rings is 2. The van der Waals surface area contributed by atoms with Gasteiger partial charge in [0, 0.05) is 24.2 Å². The van der Waals surface area contributed by atoms with Crippen LogP contribution in [0.4, 0.5) is 0 Å². The molecule has 31 heavy (non-hydrogen) atoms. The van der Waals surface area contributed by atoms with Gasteiger partial charge in [0.2, 0.25) is 0 Å². The van der Waals surface area contributed by atoms with Gasteiger partial charge in [-0.25, -0.2) is 0 Å². The van der Waals surface area contributed by atoms with Crippen LogP contribution in [0.3, 0.4) is 0 Å². The van der Waals surface area contributed by atoms with Crippen LogP contribution in [0.5, 0.6) is 0 Å². The van der Waals surface area contributed by atoms with Gasteiger partial charge >= 0.3 is 5.97 Å². The summed E-state index contributed by atoms with van der Waals surface area (Å²) in [4.78, 5) is 14.7. The van der Waals surface area contributed by atoms with E-state index >= 15 is 0 Å². The molecule has 2 aromatic carbocycles. The van der Waals surface area contributed by atoms with Crippen molar-refractivity contribution in [2.75, 3.05) is 26.7 Å². The topological polar surface area (TPSA) is 55.6 Å². The van der Waals surface area contributed by atoms with Gasteiger partial charge in [0.25, 0.3) is 0 Å². The fraction of sp³-hybridized carbons (Fsp3) is 0.385. The maximum atomic E-state index is 12.6. The van der Waals surface area contributed by atoms with Crippen LogP contribution in [-0.4, -0.2) is 42.8 Å². The summed E-state index contributed by atoms with van der Waals surface area (Å²) in [6.07, 6.45) is 0. The Labute approximate surface area is 185 Å². The Morgan fingerprint density at radius 2 is 1.52 bits per heavy atom. The lowest BCUT2D eigenvalue weighted by atomic mass is 9.73. The molecule has 5 heteroatoms. The molecule has 1 saturated heterocycles. The van der Waals surface area contributed by atoms with E-state index in [2.05, 4.69) is 58.6 Å². The maximum absolute atomic E-state index is 12.6. The minimum atomic E-state index is -0.547. The van der Waals surface area contributed by atoms with Crippen molar-refractivity contribution in [1.29, 1.82) is 0 Å². The van der Waals surface area contributed by atoms with Crippen LogP contribution in [-0.2, 0) is 14.9 Å². The van der Waals surface area contributed by atoms with E-state index in [9.17, 15) is 4.79 Å². The smallest absolute Gasteiger partial charge is 0.319 e. The first kappa shape index (κ1) is 22.8. The molecular weight excluding hydrogens is 388 g/mol. The quantitative estimate of drug-likeness (QED) is 0.518. The van der Waals surface area contributed by atoms with Crippen LogP contribution < -0.4 is 0 Å². The number of ether oxygens (including phenoxy) is 1. The number of aryl methyl sites for hydroxylation is 1. The number of hydrogen-bond acceptors (Lipinski definition) is 5. The predicted molar refractivity (Wildman–Crippen MR) is 124 cm³/mol. The van der Waals surface area contributed by atoms with Crippen LogP contribution in [0.25, 0.3) is 22.5 Å². The summed E-state index contributed by atoms with van der Waals surface area (Å²) in [7, 11) is 2.02. The SMILES string of the molecule is CC.CCOC(=O)C1(c2ccc(-c3ccc(-c4onc(C)c4C)cc3)cc2)CN(C)C1. The third kappa shape index (κ3) is 4.28. The van der Waals surface area contributed by atoms with E-state index in [0.717, 1.165) is 39.3 Å². The fourth-order valence-corrected chi connectivity index (χ4v) is 4.05. The van der Waals surface area contributed by atoms with Crippen molar-refractivity contribution in [1.82, 2.24) is 10.1 Å². The molecule has 1 aliphatic heterocycles. The Bertz CT molecular complexity index is 1010. The first-order valence-electron chi connectivity index (χ1n) is 10.9. The van der Waals surface area contributed by atoms with E-state index in [1.165, 1.54) is 0 Å². The highest BCUT2D eigenvalue weighted by Crippen LogP contribution is 2.36. The van der Waals surface area contributed by atoms with Crippen LogP contribution in [0.1, 0.15) is 37.6 Å². The van der Waals surface area contributed by atoms with Gasteiger partial charge in [-0.3, -0.25) is 4.79 Å². The number of rotatable bonds is 5. The van der Waals surface area contributed by atoms with Crippen LogP contribution >= 0.6 is 0 Å².